The number of hydrogen-bond donors (Lipinski definition) is 2. The number of benzene rings is 1. The highest BCUT2D eigenvalue weighted by Crippen LogP contribution is 2.20. The van der Waals surface area contributed by atoms with Crippen LogP contribution in [-0.2, 0) is 6.54 Å². The lowest BCUT2D eigenvalue weighted by atomic mass is 10.2. The lowest BCUT2D eigenvalue weighted by Gasteiger charge is -2.06. The van der Waals surface area contributed by atoms with Crippen LogP contribution in [0.1, 0.15) is 16.1 Å². The van der Waals surface area contributed by atoms with Crippen LogP contribution in [0.3, 0.4) is 0 Å². The number of H-pyrrole nitrogens is 1. The van der Waals surface area contributed by atoms with Gasteiger partial charge in [0.05, 0.1) is 17.2 Å². The highest BCUT2D eigenvalue weighted by molar-refractivity contribution is 9.10. The molecule has 9 heteroatoms. The predicted octanol–water partition coefficient (Wildman–Crippen LogP) is 3.46. The summed E-state index contributed by atoms with van der Waals surface area (Å²) in [5.74, 6) is -0.451. The zero-order chi connectivity index (χ0) is 16.4. The van der Waals surface area contributed by atoms with Crippen LogP contribution in [0, 0.1) is 5.82 Å². The highest BCUT2D eigenvalue weighted by Gasteiger charge is 2.14. The smallest absolute Gasteiger partial charge is 0.276 e. The van der Waals surface area contributed by atoms with E-state index in [-0.39, 0.29) is 18.1 Å². The van der Waals surface area contributed by atoms with Crippen molar-refractivity contribution < 1.29 is 9.18 Å². The molecule has 0 aliphatic rings. The SMILES string of the molecule is O=C(Nc1ccn(Cc2c(F)cccc2Cl)n1)c1[nH]ncc1Br. The quantitative estimate of drug-likeness (QED) is 0.707. The Morgan fingerprint density at radius 3 is 2.96 bits per heavy atom. The second kappa shape index (κ2) is 6.51. The van der Waals surface area contributed by atoms with Gasteiger partial charge in [-0.15, -0.1) is 0 Å². The van der Waals surface area contributed by atoms with Gasteiger partial charge in [0.2, 0.25) is 0 Å². The van der Waals surface area contributed by atoms with E-state index < -0.39 is 5.82 Å². The average Bonchev–Trinajstić information content (AvgIpc) is 3.12. The molecule has 2 N–H and O–H groups in total. The summed E-state index contributed by atoms with van der Waals surface area (Å²) in [6, 6.07) is 6.10. The van der Waals surface area contributed by atoms with Gasteiger partial charge >= 0.3 is 0 Å². The zero-order valence-electron chi connectivity index (χ0n) is 11.6. The van der Waals surface area contributed by atoms with E-state index in [1.54, 1.807) is 18.3 Å². The summed E-state index contributed by atoms with van der Waals surface area (Å²) in [4.78, 5) is 12.0. The van der Waals surface area contributed by atoms with Crippen LogP contribution in [0.25, 0.3) is 0 Å². The third-order valence-electron chi connectivity index (χ3n) is 3.08. The molecule has 118 valence electrons. The Morgan fingerprint density at radius 1 is 1.43 bits per heavy atom. The summed E-state index contributed by atoms with van der Waals surface area (Å²) in [7, 11) is 0. The molecule has 0 fully saturated rings. The Bertz CT molecular complexity index is 842. The van der Waals surface area contributed by atoms with Gasteiger partial charge in [-0.1, -0.05) is 17.7 Å². The van der Waals surface area contributed by atoms with E-state index in [4.69, 9.17) is 11.6 Å². The Labute approximate surface area is 143 Å². The van der Waals surface area contributed by atoms with E-state index in [0.29, 0.717) is 20.9 Å². The molecule has 0 aliphatic heterocycles. The molecular formula is C14H10BrClFN5O. The fraction of sp³-hybridized carbons (Fsp3) is 0.0714. The highest BCUT2D eigenvalue weighted by atomic mass is 79.9. The van der Waals surface area contributed by atoms with Crippen molar-refractivity contribution in [1.29, 1.82) is 0 Å². The van der Waals surface area contributed by atoms with Crippen molar-refractivity contribution in [2.75, 3.05) is 5.32 Å². The van der Waals surface area contributed by atoms with Gasteiger partial charge in [-0.05, 0) is 28.1 Å². The molecular weight excluding hydrogens is 389 g/mol. The molecule has 0 bridgehead atoms. The third-order valence-corrected chi connectivity index (χ3v) is 4.04. The second-order valence-electron chi connectivity index (χ2n) is 4.65. The van der Waals surface area contributed by atoms with E-state index in [9.17, 15) is 9.18 Å². The molecule has 0 saturated carbocycles. The van der Waals surface area contributed by atoms with Crippen molar-refractivity contribution in [3.8, 4) is 0 Å². The third kappa shape index (κ3) is 3.43. The van der Waals surface area contributed by atoms with Crippen LogP contribution in [0.2, 0.25) is 5.02 Å². The number of halogens is 3. The molecule has 1 aromatic carbocycles. The number of aromatic nitrogens is 4. The molecule has 23 heavy (non-hydrogen) atoms. The molecule has 2 heterocycles. The molecule has 0 unspecified atom stereocenters. The largest absolute Gasteiger partial charge is 0.304 e. The van der Waals surface area contributed by atoms with Gasteiger partial charge in [0.15, 0.2) is 5.82 Å². The Morgan fingerprint density at radius 2 is 2.26 bits per heavy atom. The van der Waals surface area contributed by atoms with Crippen molar-refractivity contribution in [2.24, 2.45) is 0 Å². The minimum Gasteiger partial charge on any atom is -0.304 e. The summed E-state index contributed by atoms with van der Waals surface area (Å²) in [5.41, 5.74) is 0.628. The summed E-state index contributed by atoms with van der Waals surface area (Å²) in [6.07, 6.45) is 3.11. The number of anilines is 1. The number of carbonyl (C=O) groups excluding carboxylic acids is 1. The molecule has 3 aromatic rings. The standard InChI is InChI=1S/C14H10BrClFN5O/c15-9-6-18-20-13(9)14(23)19-12-4-5-22(21-12)7-8-10(16)2-1-3-11(8)17/h1-6H,7H2,(H,18,20)(H,19,21,23). The summed E-state index contributed by atoms with van der Waals surface area (Å²) < 4.78 is 15.8. The van der Waals surface area contributed by atoms with Crippen LogP contribution in [-0.4, -0.2) is 25.9 Å². The van der Waals surface area contributed by atoms with E-state index in [2.05, 4.69) is 36.5 Å². The average molecular weight is 399 g/mol. The van der Waals surface area contributed by atoms with Crippen molar-refractivity contribution in [2.45, 2.75) is 6.54 Å². The lowest BCUT2D eigenvalue weighted by Crippen LogP contribution is -2.14. The van der Waals surface area contributed by atoms with E-state index in [1.165, 1.54) is 23.0 Å². The summed E-state index contributed by atoms with van der Waals surface area (Å²) >= 11 is 9.20. The molecule has 1 amide bonds. The molecule has 6 nitrogen and oxygen atoms in total. The fourth-order valence-corrected chi connectivity index (χ4v) is 2.57. The number of hydrogen-bond acceptors (Lipinski definition) is 3. The van der Waals surface area contributed by atoms with E-state index >= 15 is 0 Å². The topological polar surface area (TPSA) is 75.6 Å². The minimum atomic E-state index is -0.403. The monoisotopic (exact) mass is 397 g/mol. The molecule has 3 rings (SSSR count). The molecule has 2 aromatic heterocycles. The first-order chi connectivity index (χ1) is 11.0. The summed E-state index contributed by atoms with van der Waals surface area (Å²) in [5, 5.41) is 13.5. The van der Waals surface area contributed by atoms with Gasteiger partial charge in [-0.2, -0.15) is 10.2 Å². The van der Waals surface area contributed by atoms with Gasteiger partial charge < -0.3 is 5.32 Å². The van der Waals surface area contributed by atoms with Crippen LogP contribution in [0.15, 0.2) is 41.1 Å². The van der Waals surface area contributed by atoms with Crippen molar-refractivity contribution in [1.82, 2.24) is 20.0 Å². The molecule has 0 atom stereocenters. The van der Waals surface area contributed by atoms with Crippen molar-refractivity contribution in [3.63, 3.8) is 0 Å². The maximum absolute atomic E-state index is 13.8. The lowest BCUT2D eigenvalue weighted by molar-refractivity contribution is 0.102. The van der Waals surface area contributed by atoms with Gasteiger partial charge in [-0.25, -0.2) is 4.39 Å². The first-order valence-corrected chi connectivity index (χ1v) is 7.68. The number of amides is 1. The van der Waals surface area contributed by atoms with Gasteiger partial charge in [0, 0.05) is 22.8 Å². The molecule has 0 radical (unpaired) electrons. The molecule has 0 aliphatic carbocycles. The molecule has 0 spiro atoms. The van der Waals surface area contributed by atoms with Crippen LogP contribution >= 0.6 is 27.5 Å². The van der Waals surface area contributed by atoms with Gasteiger partial charge in [0.25, 0.3) is 5.91 Å². The first-order valence-electron chi connectivity index (χ1n) is 6.51. The number of aromatic amines is 1. The molecule has 0 saturated heterocycles. The van der Waals surface area contributed by atoms with Crippen molar-refractivity contribution in [3.05, 3.63) is 63.2 Å². The van der Waals surface area contributed by atoms with E-state index in [0.717, 1.165) is 0 Å². The maximum atomic E-state index is 13.8. The Hall–Kier alpha value is -2.19. The van der Waals surface area contributed by atoms with Crippen LogP contribution < -0.4 is 5.32 Å². The fourth-order valence-electron chi connectivity index (χ4n) is 1.97. The van der Waals surface area contributed by atoms with Crippen molar-refractivity contribution >= 4 is 39.3 Å². The summed E-state index contributed by atoms with van der Waals surface area (Å²) in [6.45, 7) is 0.162. The van der Waals surface area contributed by atoms with Gasteiger partial charge in [0.1, 0.15) is 11.5 Å². The predicted molar refractivity (Wildman–Crippen MR) is 87.0 cm³/mol. The Balaban J connectivity index is 1.74. The number of carbonyl (C=O) groups is 1. The number of nitrogens with one attached hydrogen (secondary N) is 2. The normalized spacial score (nSPS) is 10.7. The second-order valence-corrected chi connectivity index (χ2v) is 5.91. The first kappa shape index (κ1) is 15.7. The number of rotatable bonds is 4. The van der Waals surface area contributed by atoms with Crippen LogP contribution in [0.4, 0.5) is 10.2 Å². The van der Waals surface area contributed by atoms with Gasteiger partial charge in [-0.3, -0.25) is 14.6 Å². The maximum Gasteiger partial charge on any atom is 0.276 e. The zero-order valence-corrected chi connectivity index (χ0v) is 13.9. The minimum absolute atomic E-state index is 0.162. The number of nitrogens with zero attached hydrogens (tertiary/aromatic N) is 3. The van der Waals surface area contributed by atoms with E-state index in [1.807, 2.05) is 0 Å². The van der Waals surface area contributed by atoms with Crippen LogP contribution in [0.5, 0.6) is 0 Å². The Kier molecular flexibility index (Phi) is 4.44.